The van der Waals surface area contributed by atoms with E-state index in [1.165, 1.54) is 20.3 Å². The number of alkyl carbamates (subject to hydrolysis) is 1. The van der Waals surface area contributed by atoms with E-state index in [-0.39, 0.29) is 54.4 Å². The fraction of sp³-hybridized carbons (Fsp3) is 0.435. The van der Waals surface area contributed by atoms with Crippen LogP contribution in [0.1, 0.15) is 54.4 Å². The number of fused-ring (bicyclic) bond motifs is 3. The predicted molar refractivity (Wildman–Crippen MR) is 231 cm³/mol. The van der Waals surface area contributed by atoms with E-state index in [9.17, 15) is 23.1 Å². The molecule has 2 heterocycles. The lowest BCUT2D eigenvalue weighted by atomic mass is 9.69. The summed E-state index contributed by atoms with van der Waals surface area (Å²) in [6.45, 7) is 2.75. The second-order valence-corrected chi connectivity index (χ2v) is 19.1. The van der Waals surface area contributed by atoms with E-state index in [1.54, 1.807) is 32.4 Å². The number of nitrogens with one attached hydrogen (secondary N) is 1. The molecule has 4 aromatic carbocycles. The van der Waals surface area contributed by atoms with Crippen LogP contribution in [-0.2, 0) is 39.7 Å². The first-order valence-corrected chi connectivity index (χ1v) is 22.7. The van der Waals surface area contributed by atoms with Crippen LogP contribution in [0.15, 0.2) is 89.8 Å². The van der Waals surface area contributed by atoms with E-state index in [0.29, 0.717) is 60.6 Å². The summed E-state index contributed by atoms with van der Waals surface area (Å²) in [5.41, 5.74) is 4.38. The van der Waals surface area contributed by atoms with Gasteiger partial charge in [0.1, 0.15) is 17.2 Å². The highest BCUT2D eigenvalue weighted by Gasteiger charge is 2.44. The SMILES string of the molecule is COc1ccc(CN(Cc2ccc(OC)cc2)S(=O)(=O)c2ccc3c(c2)N(C[C@@H]2CC[C@H]2COC(=O)N[C@@H]2CCN(C(=O)O)C2)CC2(CCCc4cc(Cl)ccc42)CO3)cc1. The van der Waals surface area contributed by atoms with Gasteiger partial charge in [-0.2, -0.15) is 4.31 Å². The van der Waals surface area contributed by atoms with Gasteiger partial charge in [0.15, 0.2) is 0 Å². The Morgan fingerprint density at radius 3 is 2.23 bits per heavy atom. The molecule has 324 valence electrons. The quantitative estimate of drug-likeness (QED) is 0.137. The van der Waals surface area contributed by atoms with Crippen molar-refractivity contribution < 1.29 is 42.1 Å². The molecule has 61 heavy (non-hydrogen) atoms. The van der Waals surface area contributed by atoms with E-state index >= 15 is 0 Å². The Morgan fingerprint density at radius 2 is 1.61 bits per heavy atom. The topological polar surface area (TPSA) is 147 Å². The Bertz CT molecular complexity index is 2280. The Morgan fingerprint density at radius 1 is 0.918 bits per heavy atom. The highest BCUT2D eigenvalue weighted by atomic mass is 35.5. The normalized spacial score (nSPS) is 22.1. The smallest absolute Gasteiger partial charge is 0.407 e. The maximum Gasteiger partial charge on any atom is 0.407 e. The lowest BCUT2D eigenvalue weighted by Crippen LogP contribution is -2.49. The summed E-state index contributed by atoms with van der Waals surface area (Å²) < 4.78 is 54.6. The number of carbonyl (C=O) groups excluding carboxylic acids is 1. The number of carbonyl (C=O) groups is 2. The van der Waals surface area contributed by atoms with Gasteiger partial charge < -0.3 is 39.2 Å². The van der Waals surface area contributed by atoms with Gasteiger partial charge >= 0.3 is 12.2 Å². The average molecular weight is 873 g/mol. The number of methoxy groups -OCH3 is 2. The van der Waals surface area contributed by atoms with Crippen molar-refractivity contribution in [2.75, 3.05) is 58.5 Å². The Balaban J connectivity index is 1.08. The first kappa shape index (κ1) is 42.5. The maximum atomic E-state index is 14.9. The molecule has 0 aromatic heterocycles. The Kier molecular flexibility index (Phi) is 12.6. The maximum absolute atomic E-state index is 14.9. The summed E-state index contributed by atoms with van der Waals surface area (Å²) in [6, 6.07) is 25.9. The zero-order valence-electron chi connectivity index (χ0n) is 34.6. The third kappa shape index (κ3) is 9.36. The van der Waals surface area contributed by atoms with Gasteiger partial charge in [-0.3, -0.25) is 0 Å². The van der Waals surface area contributed by atoms with Crippen molar-refractivity contribution in [2.45, 2.75) is 68.0 Å². The van der Waals surface area contributed by atoms with Crippen LogP contribution in [0.4, 0.5) is 15.3 Å². The Hall–Kier alpha value is -5.18. The van der Waals surface area contributed by atoms with Gasteiger partial charge in [0.2, 0.25) is 10.0 Å². The minimum absolute atomic E-state index is 0.0993. The molecule has 8 rings (SSSR count). The predicted octanol–water partition coefficient (Wildman–Crippen LogP) is 7.73. The van der Waals surface area contributed by atoms with Crippen molar-refractivity contribution in [1.82, 2.24) is 14.5 Å². The molecule has 4 aromatic rings. The molecule has 0 radical (unpaired) electrons. The van der Waals surface area contributed by atoms with Crippen LogP contribution >= 0.6 is 11.6 Å². The number of hydrogen-bond donors (Lipinski definition) is 2. The van der Waals surface area contributed by atoms with Crippen LogP contribution < -0.4 is 24.4 Å². The van der Waals surface area contributed by atoms with E-state index < -0.39 is 22.2 Å². The largest absolute Gasteiger partial charge is 0.497 e. The van der Waals surface area contributed by atoms with E-state index in [4.69, 9.17) is 30.5 Å². The fourth-order valence-corrected chi connectivity index (χ4v) is 11.0. The monoisotopic (exact) mass is 872 g/mol. The number of sulfonamides is 1. The van der Waals surface area contributed by atoms with Gasteiger partial charge in [0.25, 0.3) is 0 Å². The number of benzene rings is 4. The summed E-state index contributed by atoms with van der Waals surface area (Å²) >= 11 is 6.50. The molecule has 1 saturated carbocycles. The van der Waals surface area contributed by atoms with Crippen LogP contribution in [0.25, 0.3) is 0 Å². The molecule has 2 aliphatic carbocycles. The summed E-state index contributed by atoms with van der Waals surface area (Å²) in [5, 5.41) is 12.8. The highest BCUT2D eigenvalue weighted by molar-refractivity contribution is 7.89. The van der Waals surface area contributed by atoms with Gasteiger partial charge in [-0.15, -0.1) is 0 Å². The molecule has 1 spiro atoms. The van der Waals surface area contributed by atoms with Crippen molar-refractivity contribution in [3.63, 3.8) is 0 Å². The third-order valence-electron chi connectivity index (χ3n) is 12.9. The number of hydrogen-bond acceptors (Lipinski definition) is 9. The van der Waals surface area contributed by atoms with Crippen LogP contribution in [0.5, 0.6) is 17.2 Å². The second-order valence-electron chi connectivity index (χ2n) is 16.8. The molecule has 4 aliphatic rings. The molecule has 2 N–H and O–H groups in total. The van der Waals surface area contributed by atoms with Crippen molar-refractivity contribution in [3.05, 3.63) is 112 Å². The van der Waals surface area contributed by atoms with Crippen LogP contribution in [0.2, 0.25) is 5.02 Å². The number of halogens is 1. The lowest BCUT2D eigenvalue weighted by Gasteiger charge is -2.44. The molecule has 2 fully saturated rings. The van der Waals surface area contributed by atoms with E-state index in [2.05, 4.69) is 22.3 Å². The molecule has 2 amide bonds. The van der Waals surface area contributed by atoms with Gasteiger partial charge in [-0.1, -0.05) is 41.9 Å². The van der Waals surface area contributed by atoms with Gasteiger partial charge in [-0.05, 0) is 127 Å². The number of ether oxygens (including phenoxy) is 4. The molecule has 4 atom stereocenters. The lowest BCUT2D eigenvalue weighted by molar-refractivity contribution is 0.0651. The third-order valence-corrected chi connectivity index (χ3v) is 14.9. The zero-order chi connectivity index (χ0) is 42.7. The molecular formula is C46H53ClN4O9S. The first-order chi connectivity index (χ1) is 29.4. The fourth-order valence-electron chi connectivity index (χ4n) is 9.32. The summed E-state index contributed by atoms with van der Waals surface area (Å²) in [4.78, 5) is 27.9. The summed E-state index contributed by atoms with van der Waals surface area (Å²) in [5.74, 6) is 2.25. The highest BCUT2D eigenvalue weighted by Crippen LogP contribution is 2.47. The average Bonchev–Trinajstić information content (AvgIpc) is 3.67. The van der Waals surface area contributed by atoms with E-state index in [0.717, 1.165) is 43.2 Å². The van der Waals surface area contributed by atoms with E-state index in [1.807, 2.05) is 54.6 Å². The molecular weight excluding hydrogens is 820 g/mol. The zero-order valence-corrected chi connectivity index (χ0v) is 36.1. The number of carboxylic acid groups (broad SMARTS) is 1. The molecule has 1 unspecified atom stereocenters. The number of nitrogens with zero attached hydrogens (tertiary/aromatic N) is 3. The van der Waals surface area contributed by atoms with Crippen molar-refractivity contribution in [1.29, 1.82) is 0 Å². The minimum Gasteiger partial charge on any atom is -0.497 e. The van der Waals surface area contributed by atoms with Gasteiger partial charge in [-0.25, -0.2) is 18.0 Å². The summed E-state index contributed by atoms with van der Waals surface area (Å²) in [7, 11) is -0.884. The summed E-state index contributed by atoms with van der Waals surface area (Å²) in [6.07, 6.45) is 3.59. The van der Waals surface area contributed by atoms with Crippen molar-refractivity contribution in [2.24, 2.45) is 11.8 Å². The van der Waals surface area contributed by atoms with Crippen LogP contribution in [-0.4, -0.2) is 94.6 Å². The van der Waals surface area contributed by atoms with Gasteiger partial charge in [0, 0.05) is 49.7 Å². The van der Waals surface area contributed by atoms with Crippen molar-refractivity contribution in [3.8, 4) is 17.2 Å². The Labute approximate surface area is 362 Å². The first-order valence-electron chi connectivity index (χ1n) is 20.9. The molecule has 1 saturated heterocycles. The molecule has 0 bridgehead atoms. The minimum atomic E-state index is -4.08. The number of rotatable bonds is 13. The molecule has 15 heteroatoms. The number of aryl methyl sites for hydroxylation is 1. The molecule has 13 nitrogen and oxygen atoms in total. The van der Waals surface area contributed by atoms with Crippen LogP contribution in [0, 0.1) is 11.8 Å². The second kappa shape index (κ2) is 18.0. The van der Waals surface area contributed by atoms with Crippen LogP contribution in [0.3, 0.4) is 0 Å². The molecule has 2 aliphatic heterocycles. The number of anilines is 1. The van der Waals surface area contributed by atoms with Crippen molar-refractivity contribution >= 4 is 39.5 Å². The number of amides is 2. The van der Waals surface area contributed by atoms with Gasteiger partial charge in [0.05, 0.1) is 44.1 Å². The number of likely N-dealkylation sites (tertiary alicyclic amines) is 1. The standard InChI is InChI=1S/C46H53ClN4O9S/c1-57-38-12-5-31(6-13-38)24-51(25-32-7-14-39(58-2)15-8-32)61(55,56)40-16-18-43-42(23-40)50(29-46(30-60-43)20-3-4-33-22-36(47)11-17-41(33)46)26-34-9-10-35(34)28-59-44(52)48-37-19-21-49(27-37)45(53)54/h5-8,11-18,22-23,34-35,37H,3-4,9-10,19-21,24-30H2,1-2H3,(H,48,52)(H,53,54)/t34-,35-,37+,46?/m0/s1.